The highest BCUT2D eigenvalue weighted by Crippen LogP contribution is 2.06. The summed E-state index contributed by atoms with van der Waals surface area (Å²) in [4.78, 5) is 25.3. The highest BCUT2D eigenvalue weighted by Gasteiger charge is 1.96. The van der Waals surface area contributed by atoms with Crippen molar-refractivity contribution in [2.45, 2.75) is 6.92 Å². The standard InChI is InChI=1S/C11H9NO2/c1-7-2-3-8-9(6-7)12-11(14)5-4-10(8)13/h2-6H,1H3,(H,12,14). The average molecular weight is 187 g/mol. The zero-order valence-electron chi connectivity index (χ0n) is 7.70. The van der Waals surface area contributed by atoms with E-state index < -0.39 is 0 Å². The molecular weight excluding hydrogens is 178 g/mol. The van der Waals surface area contributed by atoms with Gasteiger partial charge in [0, 0.05) is 11.5 Å². The van der Waals surface area contributed by atoms with Crippen molar-refractivity contribution < 1.29 is 0 Å². The molecule has 0 radical (unpaired) electrons. The van der Waals surface area contributed by atoms with Crippen LogP contribution in [0.2, 0.25) is 0 Å². The van der Waals surface area contributed by atoms with Gasteiger partial charge >= 0.3 is 0 Å². The normalized spacial score (nSPS) is 10.4. The van der Waals surface area contributed by atoms with Gasteiger partial charge in [-0.25, -0.2) is 0 Å². The molecular formula is C11H9NO2. The van der Waals surface area contributed by atoms with Crippen molar-refractivity contribution in [2.24, 2.45) is 0 Å². The van der Waals surface area contributed by atoms with Crippen LogP contribution < -0.4 is 11.0 Å². The number of nitrogens with one attached hydrogen (secondary N) is 1. The van der Waals surface area contributed by atoms with Crippen LogP contribution in [0.25, 0.3) is 10.9 Å². The summed E-state index contributed by atoms with van der Waals surface area (Å²) in [6.07, 6.45) is 0. The molecule has 0 fully saturated rings. The van der Waals surface area contributed by atoms with Gasteiger partial charge in [0.2, 0.25) is 5.56 Å². The van der Waals surface area contributed by atoms with Gasteiger partial charge in [0.05, 0.1) is 5.52 Å². The lowest BCUT2D eigenvalue weighted by molar-refractivity contribution is 1.32. The second-order valence-electron chi connectivity index (χ2n) is 3.24. The van der Waals surface area contributed by atoms with Crippen LogP contribution in [0.15, 0.2) is 39.9 Å². The molecule has 0 amide bonds. The Morgan fingerprint density at radius 3 is 2.64 bits per heavy atom. The maximum Gasteiger partial charge on any atom is 0.248 e. The third-order valence-corrected chi connectivity index (χ3v) is 2.08. The van der Waals surface area contributed by atoms with Gasteiger partial charge in [-0.05, 0) is 30.7 Å². The number of aromatic nitrogens is 1. The van der Waals surface area contributed by atoms with Crippen LogP contribution in [-0.2, 0) is 0 Å². The smallest absolute Gasteiger partial charge is 0.248 e. The van der Waals surface area contributed by atoms with E-state index in [1.54, 1.807) is 12.1 Å². The van der Waals surface area contributed by atoms with Crippen LogP contribution in [-0.4, -0.2) is 4.98 Å². The third-order valence-electron chi connectivity index (χ3n) is 2.08. The first-order chi connectivity index (χ1) is 6.66. The van der Waals surface area contributed by atoms with Gasteiger partial charge in [0.15, 0.2) is 5.43 Å². The molecule has 0 atom stereocenters. The first-order valence-electron chi connectivity index (χ1n) is 4.31. The van der Waals surface area contributed by atoms with E-state index in [4.69, 9.17) is 0 Å². The molecule has 3 nitrogen and oxygen atoms in total. The number of hydrogen-bond acceptors (Lipinski definition) is 2. The monoisotopic (exact) mass is 187 g/mol. The Labute approximate surface area is 80.0 Å². The molecule has 1 aromatic heterocycles. The van der Waals surface area contributed by atoms with Crippen LogP contribution in [0.3, 0.4) is 0 Å². The molecule has 1 N–H and O–H groups in total. The fourth-order valence-corrected chi connectivity index (χ4v) is 1.39. The molecule has 0 aliphatic rings. The molecule has 2 aromatic rings. The highest BCUT2D eigenvalue weighted by molar-refractivity contribution is 5.78. The van der Waals surface area contributed by atoms with Crippen molar-refractivity contribution in [2.75, 3.05) is 0 Å². The minimum absolute atomic E-state index is 0.140. The molecule has 1 aromatic carbocycles. The van der Waals surface area contributed by atoms with Gasteiger partial charge in [0.1, 0.15) is 0 Å². The van der Waals surface area contributed by atoms with E-state index in [0.717, 1.165) is 5.56 Å². The second-order valence-corrected chi connectivity index (χ2v) is 3.24. The zero-order chi connectivity index (χ0) is 10.1. The minimum atomic E-state index is -0.261. The summed E-state index contributed by atoms with van der Waals surface area (Å²) in [6, 6.07) is 7.90. The van der Waals surface area contributed by atoms with Gasteiger partial charge in [0.25, 0.3) is 0 Å². The SMILES string of the molecule is Cc1ccc2c(=O)ccc(=O)[nH]c2c1. The van der Waals surface area contributed by atoms with Crippen molar-refractivity contribution in [1.82, 2.24) is 4.98 Å². The second kappa shape index (κ2) is 3.10. The number of rotatable bonds is 0. The molecule has 0 saturated heterocycles. The van der Waals surface area contributed by atoms with Crippen LogP contribution in [0.5, 0.6) is 0 Å². The number of aryl methyl sites for hydroxylation is 1. The molecule has 0 saturated carbocycles. The summed E-state index contributed by atoms with van der Waals surface area (Å²) in [5, 5.41) is 0.540. The molecule has 1 heterocycles. The predicted molar refractivity (Wildman–Crippen MR) is 55.6 cm³/mol. The number of hydrogen-bond donors (Lipinski definition) is 1. The molecule has 2 rings (SSSR count). The Bertz CT molecular complexity index is 599. The van der Waals surface area contributed by atoms with Crippen molar-refractivity contribution in [1.29, 1.82) is 0 Å². The lowest BCUT2D eigenvalue weighted by Gasteiger charge is -1.93. The van der Waals surface area contributed by atoms with E-state index in [0.29, 0.717) is 10.9 Å². The van der Waals surface area contributed by atoms with Crippen LogP contribution >= 0.6 is 0 Å². The average Bonchev–Trinajstić information content (AvgIpc) is 2.26. The maximum absolute atomic E-state index is 11.5. The first kappa shape index (κ1) is 8.69. The molecule has 3 heteroatoms. The summed E-state index contributed by atoms with van der Waals surface area (Å²) in [5.74, 6) is 0. The summed E-state index contributed by atoms with van der Waals surface area (Å²) in [6.45, 7) is 1.91. The summed E-state index contributed by atoms with van der Waals surface area (Å²) >= 11 is 0. The van der Waals surface area contributed by atoms with E-state index in [-0.39, 0.29) is 11.0 Å². The fraction of sp³-hybridized carbons (Fsp3) is 0.0909. The Hall–Kier alpha value is -1.90. The Morgan fingerprint density at radius 1 is 1.07 bits per heavy atom. The van der Waals surface area contributed by atoms with Crippen molar-refractivity contribution >= 4 is 10.9 Å². The molecule has 0 aliphatic carbocycles. The van der Waals surface area contributed by atoms with Gasteiger partial charge in [-0.15, -0.1) is 0 Å². The van der Waals surface area contributed by atoms with E-state index >= 15 is 0 Å². The molecule has 0 bridgehead atoms. The lowest BCUT2D eigenvalue weighted by Crippen LogP contribution is -1.97. The van der Waals surface area contributed by atoms with Gasteiger partial charge < -0.3 is 4.98 Å². The molecule has 14 heavy (non-hydrogen) atoms. The van der Waals surface area contributed by atoms with Gasteiger partial charge in [-0.2, -0.15) is 0 Å². The molecule has 0 unspecified atom stereocenters. The Kier molecular flexibility index (Phi) is 1.93. The maximum atomic E-state index is 11.5. The summed E-state index contributed by atoms with van der Waals surface area (Å²) in [5.41, 5.74) is 1.20. The molecule has 0 aliphatic heterocycles. The largest absolute Gasteiger partial charge is 0.322 e. The number of fused-ring (bicyclic) bond motifs is 1. The number of H-pyrrole nitrogens is 1. The quantitative estimate of drug-likeness (QED) is 0.673. The van der Waals surface area contributed by atoms with Crippen molar-refractivity contribution in [3.8, 4) is 0 Å². The van der Waals surface area contributed by atoms with Crippen molar-refractivity contribution in [3.05, 3.63) is 56.5 Å². The van der Waals surface area contributed by atoms with E-state index in [2.05, 4.69) is 4.98 Å². The Morgan fingerprint density at radius 2 is 1.86 bits per heavy atom. The van der Waals surface area contributed by atoms with Gasteiger partial charge in [-0.3, -0.25) is 9.59 Å². The topological polar surface area (TPSA) is 49.9 Å². The van der Waals surface area contributed by atoms with E-state index in [1.807, 2.05) is 13.0 Å². The van der Waals surface area contributed by atoms with E-state index in [9.17, 15) is 9.59 Å². The molecule has 70 valence electrons. The van der Waals surface area contributed by atoms with Crippen LogP contribution in [0, 0.1) is 6.92 Å². The van der Waals surface area contributed by atoms with Crippen LogP contribution in [0.1, 0.15) is 5.56 Å². The van der Waals surface area contributed by atoms with Crippen LogP contribution in [0.4, 0.5) is 0 Å². The highest BCUT2D eigenvalue weighted by atomic mass is 16.1. The third kappa shape index (κ3) is 1.44. The predicted octanol–water partition coefficient (Wildman–Crippen LogP) is 1.20. The first-order valence-corrected chi connectivity index (χ1v) is 4.31. The molecule has 0 spiro atoms. The van der Waals surface area contributed by atoms with Gasteiger partial charge in [-0.1, -0.05) is 6.07 Å². The fourth-order valence-electron chi connectivity index (χ4n) is 1.39. The Balaban J connectivity index is 3.08. The summed E-state index contributed by atoms with van der Waals surface area (Å²) in [7, 11) is 0. The van der Waals surface area contributed by atoms with Crippen molar-refractivity contribution in [3.63, 3.8) is 0 Å². The zero-order valence-corrected chi connectivity index (χ0v) is 7.70. The minimum Gasteiger partial charge on any atom is -0.322 e. The van der Waals surface area contributed by atoms with E-state index in [1.165, 1.54) is 12.1 Å². The summed E-state index contributed by atoms with van der Waals surface area (Å²) < 4.78 is 0. The number of aromatic amines is 1. The number of benzene rings is 1. The lowest BCUT2D eigenvalue weighted by atomic mass is 10.2.